The molecular weight excluding hydrogens is 252 g/mol. The van der Waals surface area contributed by atoms with Crippen LogP contribution >= 0.6 is 0 Å². The van der Waals surface area contributed by atoms with Crippen molar-refractivity contribution < 1.29 is 9.21 Å². The molecule has 20 heavy (non-hydrogen) atoms. The van der Waals surface area contributed by atoms with Crippen LogP contribution in [-0.2, 0) is 0 Å². The van der Waals surface area contributed by atoms with Gasteiger partial charge in [0, 0.05) is 18.8 Å². The smallest absolute Gasteiger partial charge is 0.255 e. The molecule has 1 aromatic carbocycles. The van der Waals surface area contributed by atoms with E-state index in [1.807, 2.05) is 37.3 Å². The highest BCUT2D eigenvalue weighted by Crippen LogP contribution is 2.32. The van der Waals surface area contributed by atoms with Gasteiger partial charge in [0.2, 0.25) is 5.71 Å². The second-order valence-corrected chi connectivity index (χ2v) is 4.61. The van der Waals surface area contributed by atoms with E-state index >= 15 is 0 Å². The minimum absolute atomic E-state index is 0.174. The average Bonchev–Trinajstić information content (AvgIpc) is 2.86. The summed E-state index contributed by atoms with van der Waals surface area (Å²) in [7, 11) is 1.61. The summed E-state index contributed by atoms with van der Waals surface area (Å²) in [6.45, 7) is 2.02. The fourth-order valence-electron chi connectivity index (χ4n) is 2.19. The Hall–Kier alpha value is -2.62. The van der Waals surface area contributed by atoms with Crippen molar-refractivity contribution in [3.63, 3.8) is 0 Å². The van der Waals surface area contributed by atoms with Crippen LogP contribution in [0.2, 0.25) is 0 Å². The maximum Gasteiger partial charge on any atom is 0.255 e. The first-order chi connectivity index (χ1) is 9.70. The van der Waals surface area contributed by atoms with Crippen molar-refractivity contribution in [3.8, 4) is 11.3 Å². The highest BCUT2D eigenvalue weighted by Gasteiger charge is 2.21. The van der Waals surface area contributed by atoms with Crippen molar-refractivity contribution in [1.82, 2.24) is 10.3 Å². The van der Waals surface area contributed by atoms with Gasteiger partial charge in [-0.1, -0.05) is 29.8 Å². The van der Waals surface area contributed by atoms with E-state index in [4.69, 9.17) is 4.42 Å². The summed E-state index contributed by atoms with van der Waals surface area (Å²) in [5, 5.41) is 3.38. The fraction of sp³-hybridized carbons (Fsp3) is 0.125. The molecule has 0 radical (unpaired) electrons. The number of pyridine rings is 1. The highest BCUT2D eigenvalue weighted by atomic mass is 16.3. The molecular formula is C16H14N2O2. The first kappa shape index (κ1) is 12.4. The number of amides is 1. The van der Waals surface area contributed by atoms with Gasteiger partial charge in [0.25, 0.3) is 5.91 Å². The second-order valence-electron chi connectivity index (χ2n) is 4.61. The quantitative estimate of drug-likeness (QED) is 0.775. The molecule has 0 aliphatic carbocycles. The van der Waals surface area contributed by atoms with Gasteiger partial charge in [-0.15, -0.1) is 0 Å². The van der Waals surface area contributed by atoms with Crippen LogP contribution in [0.3, 0.4) is 0 Å². The monoisotopic (exact) mass is 266 g/mol. The molecule has 4 nitrogen and oxygen atoms in total. The Labute approximate surface area is 116 Å². The lowest BCUT2D eigenvalue weighted by atomic mass is 10.0. The van der Waals surface area contributed by atoms with E-state index in [0.29, 0.717) is 17.0 Å². The number of carbonyl (C=O) groups excluding carboxylic acids is 1. The van der Waals surface area contributed by atoms with Crippen LogP contribution in [0, 0.1) is 6.92 Å². The van der Waals surface area contributed by atoms with Gasteiger partial charge in [-0.05, 0) is 19.1 Å². The van der Waals surface area contributed by atoms with Crippen LogP contribution in [0.25, 0.3) is 22.4 Å². The van der Waals surface area contributed by atoms with Crippen LogP contribution < -0.4 is 5.32 Å². The Morgan fingerprint density at radius 2 is 1.95 bits per heavy atom. The van der Waals surface area contributed by atoms with Crippen molar-refractivity contribution >= 4 is 17.0 Å². The lowest BCUT2D eigenvalue weighted by Gasteiger charge is -2.02. The van der Waals surface area contributed by atoms with Gasteiger partial charge in [-0.25, -0.2) is 4.98 Å². The Morgan fingerprint density at radius 1 is 1.20 bits per heavy atom. The number of fused-ring (bicyclic) bond motifs is 1. The lowest BCUT2D eigenvalue weighted by Crippen LogP contribution is -2.18. The number of aromatic nitrogens is 1. The van der Waals surface area contributed by atoms with E-state index in [2.05, 4.69) is 10.3 Å². The molecule has 100 valence electrons. The summed E-state index contributed by atoms with van der Waals surface area (Å²) < 4.78 is 5.78. The number of benzene rings is 1. The number of rotatable bonds is 2. The maximum absolute atomic E-state index is 12.2. The molecule has 0 saturated carbocycles. The normalized spacial score (nSPS) is 10.7. The molecule has 1 amide bonds. The molecule has 1 N–H and O–H groups in total. The standard InChI is InChI=1S/C16H14N2O2/c1-10-5-7-11(8-6-10)14-13(15(19)17-2)12-4-3-9-18-16(12)20-14/h3-9H,1-2H3,(H,17,19). The van der Waals surface area contributed by atoms with E-state index in [1.54, 1.807) is 19.3 Å². The highest BCUT2D eigenvalue weighted by molar-refractivity contribution is 6.10. The van der Waals surface area contributed by atoms with Gasteiger partial charge < -0.3 is 9.73 Å². The van der Waals surface area contributed by atoms with Crippen LogP contribution in [0.4, 0.5) is 0 Å². The lowest BCUT2D eigenvalue weighted by molar-refractivity contribution is 0.0964. The number of aryl methyl sites for hydroxylation is 1. The maximum atomic E-state index is 12.2. The Balaban J connectivity index is 2.29. The third kappa shape index (κ3) is 1.95. The van der Waals surface area contributed by atoms with Crippen molar-refractivity contribution in [2.24, 2.45) is 0 Å². The molecule has 3 rings (SSSR count). The van der Waals surface area contributed by atoms with E-state index in [-0.39, 0.29) is 5.91 Å². The Bertz CT molecular complexity index is 773. The molecule has 2 heterocycles. The van der Waals surface area contributed by atoms with Crippen molar-refractivity contribution in [1.29, 1.82) is 0 Å². The predicted molar refractivity (Wildman–Crippen MR) is 77.6 cm³/mol. The van der Waals surface area contributed by atoms with E-state index in [0.717, 1.165) is 16.5 Å². The van der Waals surface area contributed by atoms with Crippen molar-refractivity contribution in [2.75, 3.05) is 7.05 Å². The molecule has 0 atom stereocenters. The Kier molecular flexibility index (Phi) is 2.99. The van der Waals surface area contributed by atoms with Gasteiger partial charge in [0.1, 0.15) is 5.76 Å². The number of hydrogen-bond donors (Lipinski definition) is 1. The first-order valence-electron chi connectivity index (χ1n) is 6.37. The molecule has 0 unspecified atom stereocenters. The minimum atomic E-state index is -0.174. The van der Waals surface area contributed by atoms with Gasteiger partial charge >= 0.3 is 0 Å². The summed E-state index contributed by atoms with van der Waals surface area (Å²) in [5.74, 6) is 0.380. The Morgan fingerprint density at radius 3 is 2.65 bits per heavy atom. The van der Waals surface area contributed by atoms with Gasteiger partial charge in [0.15, 0.2) is 0 Å². The zero-order valence-corrected chi connectivity index (χ0v) is 11.3. The fourth-order valence-corrected chi connectivity index (χ4v) is 2.19. The summed E-state index contributed by atoms with van der Waals surface area (Å²) in [6.07, 6.45) is 1.65. The third-order valence-corrected chi connectivity index (χ3v) is 3.23. The number of nitrogens with one attached hydrogen (secondary N) is 1. The van der Waals surface area contributed by atoms with Crippen LogP contribution in [0.1, 0.15) is 15.9 Å². The van der Waals surface area contributed by atoms with Gasteiger partial charge in [-0.2, -0.15) is 0 Å². The van der Waals surface area contributed by atoms with E-state index in [9.17, 15) is 4.79 Å². The molecule has 3 aromatic rings. The molecule has 0 fully saturated rings. The topological polar surface area (TPSA) is 55.1 Å². The predicted octanol–water partition coefficient (Wildman–Crippen LogP) is 3.16. The number of carbonyl (C=O) groups is 1. The van der Waals surface area contributed by atoms with Crippen molar-refractivity contribution in [2.45, 2.75) is 6.92 Å². The number of nitrogens with zero attached hydrogens (tertiary/aromatic N) is 1. The largest absolute Gasteiger partial charge is 0.437 e. The molecule has 0 saturated heterocycles. The molecule has 4 heteroatoms. The van der Waals surface area contributed by atoms with E-state index < -0.39 is 0 Å². The van der Waals surface area contributed by atoms with Crippen LogP contribution in [0.5, 0.6) is 0 Å². The first-order valence-corrected chi connectivity index (χ1v) is 6.37. The SMILES string of the molecule is CNC(=O)c1c(-c2ccc(C)cc2)oc2ncccc12. The van der Waals surface area contributed by atoms with Crippen LogP contribution in [-0.4, -0.2) is 17.9 Å². The molecule has 0 aliphatic heterocycles. The number of hydrogen-bond acceptors (Lipinski definition) is 3. The van der Waals surface area contributed by atoms with Gasteiger partial charge in [0.05, 0.1) is 10.9 Å². The zero-order valence-electron chi connectivity index (χ0n) is 11.3. The summed E-state index contributed by atoms with van der Waals surface area (Å²) in [5.41, 5.74) is 3.03. The molecule has 0 spiro atoms. The van der Waals surface area contributed by atoms with E-state index in [1.165, 1.54) is 0 Å². The number of furan rings is 1. The van der Waals surface area contributed by atoms with Crippen molar-refractivity contribution in [3.05, 3.63) is 53.7 Å². The summed E-state index contributed by atoms with van der Waals surface area (Å²) in [4.78, 5) is 16.3. The average molecular weight is 266 g/mol. The molecule has 2 aromatic heterocycles. The van der Waals surface area contributed by atoms with Gasteiger partial charge in [-0.3, -0.25) is 4.79 Å². The molecule has 0 bridgehead atoms. The summed E-state index contributed by atoms with van der Waals surface area (Å²) in [6, 6.07) is 11.5. The summed E-state index contributed by atoms with van der Waals surface area (Å²) >= 11 is 0. The zero-order chi connectivity index (χ0) is 14.1. The molecule has 0 aliphatic rings. The van der Waals surface area contributed by atoms with Crippen LogP contribution in [0.15, 0.2) is 47.0 Å². The second kappa shape index (κ2) is 4.81. The third-order valence-electron chi connectivity index (χ3n) is 3.23. The minimum Gasteiger partial charge on any atom is -0.437 e.